The van der Waals surface area contributed by atoms with Crippen molar-refractivity contribution in [3.05, 3.63) is 35.4 Å². The van der Waals surface area contributed by atoms with Crippen molar-refractivity contribution in [2.45, 2.75) is 87.5 Å². The summed E-state index contributed by atoms with van der Waals surface area (Å²) in [5, 5.41) is 0. The molecule has 0 fully saturated rings. The summed E-state index contributed by atoms with van der Waals surface area (Å²) in [6.07, 6.45) is 7.41. The monoisotopic (exact) mass is 308 g/mol. The highest BCUT2D eigenvalue weighted by Gasteiger charge is 1.95. The summed E-state index contributed by atoms with van der Waals surface area (Å²) in [6.45, 7) is 16.6. The van der Waals surface area contributed by atoms with Gasteiger partial charge in [0, 0.05) is 0 Å². The third-order valence-electron chi connectivity index (χ3n) is 3.05. The van der Waals surface area contributed by atoms with Gasteiger partial charge in [0.25, 0.3) is 0 Å². The van der Waals surface area contributed by atoms with Crippen molar-refractivity contribution >= 4 is 6.29 Å². The molecule has 0 aromatic heterocycles. The maximum atomic E-state index is 8.81. The van der Waals surface area contributed by atoms with Gasteiger partial charge in [-0.1, -0.05) is 97.1 Å². The number of aldehydes is 1. The van der Waals surface area contributed by atoms with E-state index < -0.39 is 0 Å². The Bertz CT molecular complexity index is 311. The minimum atomic E-state index is 0.750. The molecule has 0 saturated heterocycles. The molecule has 0 aliphatic carbocycles. The van der Waals surface area contributed by atoms with E-state index in [0.29, 0.717) is 0 Å². The van der Waals surface area contributed by atoms with Crippen molar-refractivity contribution < 1.29 is 4.79 Å². The molecule has 1 heteroatoms. The number of aryl methyl sites for hydroxylation is 2. The van der Waals surface area contributed by atoms with Crippen LogP contribution < -0.4 is 0 Å². The van der Waals surface area contributed by atoms with E-state index in [0.717, 1.165) is 18.6 Å². The molecular weight excluding hydrogens is 268 g/mol. The number of carbonyl (C=O) groups is 1. The Balaban J connectivity index is -0.000000256. The topological polar surface area (TPSA) is 17.1 Å². The first-order valence-electron chi connectivity index (χ1n) is 9.00. The minimum absolute atomic E-state index is 0.750. The van der Waals surface area contributed by atoms with Crippen LogP contribution in [0.2, 0.25) is 0 Å². The molecule has 1 nitrogen and oxygen atoms in total. The fourth-order valence-corrected chi connectivity index (χ4v) is 2.06. The van der Waals surface area contributed by atoms with Crippen molar-refractivity contribution in [1.82, 2.24) is 0 Å². The maximum absolute atomic E-state index is 8.81. The van der Waals surface area contributed by atoms with E-state index in [4.69, 9.17) is 4.79 Å². The normalized spacial score (nSPS) is 8.59. The third kappa shape index (κ3) is 21.2. The molecule has 0 N–H and O–H groups in total. The summed E-state index contributed by atoms with van der Waals surface area (Å²) in [7, 11) is 0. The SMILES string of the molecule is CC.CC=O.CCCC(C)CCC.CCc1cccc(C)c1. The van der Waals surface area contributed by atoms with Gasteiger partial charge in [-0.05, 0) is 31.7 Å². The van der Waals surface area contributed by atoms with E-state index in [-0.39, 0.29) is 0 Å². The van der Waals surface area contributed by atoms with E-state index in [1.165, 1.54) is 43.7 Å². The van der Waals surface area contributed by atoms with Gasteiger partial charge in [0.05, 0.1) is 0 Å². The predicted molar refractivity (Wildman–Crippen MR) is 103 cm³/mol. The molecule has 0 bridgehead atoms. The number of benzene rings is 1. The minimum Gasteiger partial charge on any atom is -0.304 e. The summed E-state index contributed by atoms with van der Waals surface area (Å²) >= 11 is 0. The predicted octanol–water partition coefficient (Wildman–Crippen LogP) is 7.01. The molecule has 0 atom stereocenters. The lowest BCUT2D eigenvalue weighted by Gasteiger charge is -2.05. The van der Waals surface area contributed by atoms with Gasteiger partial charge in [0.15, 0.2) is 0 Å². The first-order valence-corrected chi connectivity index (χ1v) is 9.00. The van der Waals surface area contributed by atoms with Gasteiger partial charge in [-0.15, -0.1) is 0 Å². The smallest absolute Gasteiger partial charge is 0.116 e. The Labute approximate surface area is 140 Å². The Morgan fingerprint density at radius 1 is 1.05 bits per heavy atom. The van der Waals surface area contributed by atoms with Crippen LogP contribution in [0.25, 0.3) is 0 Å². The second kappa shape index (κ2) is 22.2. The van der Waals surface area contributed by atoms with Crippen molar-refractivity contribution in [3.8, 4) is 0 Å². The van der Waals surface area contributed by atoms with E-state index >= 15 is 0 Å². The van der Waals surface area contributed by atoms with Crippen LogP contribution in [0.4, 0.5) is 0 Å². The van der Waals surface area contributed by atoms with Crippen molar-refractivity contribution in [1.29, 1.82) is 0 Å². The van der Waals surface area contributed by atoms with Crippen LogP contribution in [0.5, 0.6) is 0 Å². The van der Waals surface area contributed by atoms with E-state index in [1.54, 1.807) is 0 Å². The molecule has 1 aromatic rings. The average Bonchev–Trinajstić information content (AvgIpc) is 2.51. The van der Waals surface area contributed by atoms with Gasteiger partial charge in [-0.3, -0.25) is 0 Å². The zero-order valence-electron chi connectivity index (χ0n) is 16.4. The third-order valence-corrected chi connectivity index (χ3v) is 3.05. The first kappa shape index (κ1) is 25.8. The molecule has 0 amide bonds. The summed E-state index contributed by atoms with van der Waals surface area (Å²) in [6, 6.07) is 8.61. The summed E-state index contributed by atoms with van der Waals surface area (Å²) in [4.78, 5) is 8.81. The van der Waals surface area contributed by atoms with Crippen LogP contribution in [0, 0.1) is 12.8 Å². The molecule has 130 valence electrons. The number of hydrogen-bond donors (Lipinski definition) is 0. The first-order chi connectivity index (χ1) is 10.5. The number of carbonyl (C=O) groups excluding carboxylic acids is 1. The lowest BCUT2D eigenvalue weighted by atomic mass is 10.0. The zero-order valence-corrected chi connectivity index (χ0v) is 16.4. The van der Waals surface area contributed by atoms with Gasteiger partial charge >= 0.3 is 0 Å². The van der Waals surface area contributed by atoms with Crippen LogP contribution in [0.3, 0.4) is 0 Å². The van der Waals surface area contributed by atoms with Gasteiger partial charge in [-0.25, -0.2) is 0 Å². The Hall–Kier alpha value is -1.11. The molecular formula is C21H40O. The second-order valence-electron chi connectivity index (χ2n) is 5.26. The molecule has 0 aliphatic rings. The second-order valence-corrected chi connectivity index (χ2v) is 5.26. The molecule has 22 heavy (non-hydrogen) atoms. The van der Waals surface area contributed by atoms with Crippen molar-refractivity contribution in [3.63, 3.8) is 0 Å². The fourth-order valence-electron chi connectivity index (χ4n) is 2.06. The van der Waals surface area contributed by atoms with E-state index in [1.807, 2.05) is 13.8 Å². The van der Waals surface area contributed by atoms with Crippen LogP contribution in [-0.2, 0) is 11.2 Å². The highest BCUT2D eigenvalue weighted by molar-refractivity contribution is 5.44. The Morgan fingerprint density at radius 3 is 1.77 bits per heavy atom. The van der Waals surface area contributed by atoms with Crippen LogP contribution in [0.1, 0.15) is 85.3 Å². The van der Waals surface area contributed by atoms with Crippen molar-refractivity contribution in [2.24, 2.45) is 5.92 Å². The highest BCUT2D eigenvalue weighted by atomic mass is 16.1. The van der Waals surface area contributed by atoms with Gasteiger partial charge in [0.1, 0.15) is 6.29 Å². The van der Waals surface area contributed by atoms with E-state index in [9.17, 15) is 0 Å². The number of hydrogen-bond acceptors (Lipinski definition) is 1. The van der Waals surface area contributed by atoms with Crippen LogP contribution in [0.15, 0.2) is 24.3 Å². The van der Waals surface area contributed by atoms with Gasteiger partial charge < -0.3 is 4.79 Å². The summed E-state index contributed by atoms with van der Waals surface area (Å²) in [5.74, 6) is 0.963. The Kier molecular flexibility index (Phi) is 26.0. The van der Waals surface area contributed by atoms with Crippen molar-refractivity contribution in [2.75, 3.05) is 0 Å². The molecule has 0 radical (unpaired) electrons. The summed E-state index contributed by atoms with van der Waals surface area (Å²) < 4.78 is 0. The zero-order chi connectivity index (χ0) is 17.8. The number of rotatable bonds is 5. The quantitative estimate of drug-likeness (QED) is 0.534. The molecule has 1 rings (SSSR count). The standard InChI is InChI=1S/C9H12.C8H18.C2H4O.C2H6/c1-3-9-6-4-5-8(2)7-9;1-4-6-8(3)7-5-2;1-2-3;1-2/h4-7H,3H2,1-2H3;8H,4-7H2,1-3H3;2H,1H3;1-2H3. The fraction of sp³-hybridized carbons (Fsp3) is 0.667. The average molecular weight is 309 g/mol. The maximum Gasteiger partial charge on any atom is 0.116 e. The lowest BCUT2D eigenvalue weighted by molar-refractivity contribution is -0.106. The largest absolute Gasteiger partial charge is 0.304 e. The van der Waals surface area contributed by atoms with Gasteiger partial charge in [0.2, 0.25) is 0 Å². The lowest BCUT2D eigenvalue weighted by Crippen LogP contribution is -1.91. The Morgan fingerprint density at radius 2 is 1.50 bits per heavy atom. The molecule has 0 spiro atoms. The molecule has 1 aromatic carbocycles. The molecule has 0 unspecified atom stereocenters. The summed E-state index contributed by atoms with van der Waals surface area (Å²) in [5.41, 5.74) is 2.78. The van der Waals surface area contributed by atoms with E-state index in [2.05, 4.69) is 58.9 Å². The molecule has 0 heterocycles. The van der Waals surface area contributed by atoms with Crippen LogP contribution in [-0.4, -0.2) is 6.29 Å². The molecule has 0 aliphatic heterocycles. The van der Waals surface area contributed by atoms with Gasteiger partial charge in [-0.2, -0.15) is 0 Å². The molecule has 0 saturated carbocycles. The highest BCUT2D eigenvalue weighted by Crippen LogP contribution is 2.10. The van der Waals surface area contributed by atoms with Crippen LogP contribution >= 0.6 is 0 Å².